The lowest BCUT2D eigenvalue weighted by molar-refractivity contribution is 0.102. The Balaban J connectivity index is 1.77. The molecule has 0 bridgehead atoms. The second-order valence-electron chi connectivity index (χ2n) is 5.91. The molecule has 1 saturated heterocycles. The number of benzene rings is 2. The molecule has 3 rings (SSSR count). The van der Waals surface area contributed by atoms with E-state index in [0.29, 0.717) is 35.8 Å². The Morgan fingerprint density at radius 3 is 2.35 bits per heavy atom. The van der Waals surface area contributed by atoms with Gasteiger partial charge in [0, 0.05) is 36.1 Å². The molecule has 2 aromatic rings. The van der Waals surface area contributed by atoms with Crippen LogP contribution in [-0.4, -0.2) is 39.2 Å². The number of aryl methyl sites for hydroxylation is 1. The fourth-order valence-corrected chi connectivity index (χ4v) is 2.82. The summed E-state index contributed by atoms with van der Waals surface area (Å²) < 4.78 is 10.5. The maximum Gasteiger partial charge on any atom is 0.321 e. The molecule has 0 radical (unpaired) electrons. The fraction of sp³-hybridized carbons (Fsp3) is 0.263. The van der Waals surface area contributed by atoms with Gasteiger partial charge in [0.25, 0.3) is 5.91 Å². The Kier molecular flexibility index (Phi) is 4.97. The van der Waals surface area contributed by atoms with Crippen molar-refractivity contribution in [2.75, 3.05) is 37.5 Å². The Labute approximate surface area is 151 Å². The summed E-state index contributed by atoms with van der Waals surface area (Å²) >= 11 is 0. The summed E-state index contributed by atoms with van der Waals surface area (Å²) in [5.74, 6) is 0.915. The van der Waals surface area contributed by atoms with Crippen LogP contribution < -0.4 is 25.0 Å². The lowest BCUT2D eigenvalue weighted by Crippen LogP contribution is -2.27. The fourth-order valence-electron chi connectivity index (χ4n) is 2.82. The quantitative estimate of drug-likeness (QED) is 0.864. The second-order valence-corrected chi connectivity index (χ2v) is 5.91. The van der Waals surface area contributed by atoms with Crippen LogP contribution in [0.25, 0.3) is 0 Å². The maximum atomic E-state index is 12.5. The Morgan fingerprint density at radius 1 is 1.12 bits per heavy atom. The first-order valence-corrected chi connectivity index (χ1v) is 8.23. The van der Waals surface area contributed by atoms with Crippen molar-refractivity contribution in [3.05, 3.63) is 47.5 Å². The highest BCUT2D eigenvalue weighted by atomic mass is 16.5. The second kappa shape index (κ2) is 7.35. The van der Waals surface area contributed by atoms with E-state index in [1.807, 2.05) is 13.0 Å². The normalized spacial score (nSPS) is 13.3. The van der Waals surface area contributed by atoms with Crippen molar-refractivity contribution in [2.45, 2.75) is 6.92 Å². The molecular weight excluding hydrogens is 334 g/mol. The third-order valence-corrected chi connectivity index (χ3v) is 4.28. The molecule has 7 nitrogen and oxygen atoms in total. The van der Waals surface area contributed by atoms with Crippen LogP contribution in [0.15, 0.2) is 36.4 Å². The summed E-state index contributed by atoms with van der Waals surface area (Å²) in [4.78, 5) is 25.9. The zero-order valence-electron chi connectivity index (χ0n) is 15.0. The smallest absolute Gasteiger partial charge is 0.321 e. The molecule has 0 aromatic heterocycles. The predicted octanol–water partition coefficient (Wildman–Crippen LogP) is 2.79. The minimum atomic E-state index is -0.238. The molecule has 2 N–H and O–H groups in total. The average Bonchev–Trinajstić information content (AvgIpc) is 3.09. The molecule has 0 spiro atoms. The standard InChI is InChI=1S/C19H21N3O4/c1-12-10-16(25-2)17(26-3)11-15(12)21-18(23)13-4-6-14(7-5-13)22-9-8-20-19(22)24/h4-7,10-11H,8-9H2,1-3H3,(H,20,24)(H,21,23). The SMILES string of the molecule is COc1cc(C)c(NC(=O)c2ccc(N3CCNC3=O)cc2)cc1OC. The van der Waals surface area contributed by atoms with Crippen LogP contribution in [0.1, 0.15) is 15.9 Å². The number of urea groups is 1. The van der Waals surface area contributed by atoms with Gasteiger partial charge in [-0.1, -0.05) is 0 Å². The zero-order valence-corrected chi connectivity index (χ0v) is 15.0. The van der Waals surface area contributed by atoms with E-state index in [4.69, 9.17) is 9.47 Å². The van der Waals surface area contributed by atoms with E-state index in [-0.39, 0.29) is 11.9 Å². The molecule has 136 valence electrons. The minimum absolute atomic E-state index is 0.122. The van der Waals surface area contributed by atoms with Gasteiger partial charge in [-0.2, -0.15) is 0 Å². The van der Waals surface area contributed by atoms with E-state index >= 15 is 0 Å². The number of hydrogen-bond donors (Lipinski definition) is 2. The van der Waals surface area contributed by atoms with Gasteiger partial charge >= 0.3 is 6.03 Å². The Hall–Kier alpha value is -3.22. The Morgan fingerprint density at radius 2 is 1.77 bits per heavy atom. The summed E-state index contributed by atoms with van der Waals surface area (Å²) in [5.41, 5.74) is 2.78. The molecule has 26 heavy (non-hydrogen) atoms. The van der Waals surface area contributed by atoms with Gasteiger partial charge in [0.05, 0.1) is 14.2 Å². The molecule has 7 heteroatoms. The van der Waals surface area contributed by atoms with E-state index in [1.165, 1.54) is 0 Å². The van der Waals surface area contributed by atoms with Crippen molar-refractivity contribution in [1.82, 2.24) is 5.32 Å². The molecule has 1 heterocycles. The molecular formula is C19H21N3O4. The number of nitrogens with one attached hydrogen (secondary N) is 2. The van der Waals surface area contributed by atoms with Gasteiger partial charge in [-0.15, -0.1) is 0 Å². The first kappa shape index (κ1) is 17.6. The van der Waals surface area contributed by atoms with E-state index in [2.05, 4.69) is 10.6 Å². The van der Waals surface area contributed by atoms with Gasteiger partial charge in [-0.05, 0) is 42.8 Å². The van der Waals surface area contributed by atoms with Gasteiger partial charge in [0.1, 0.15) is 0 Å². The molecule has 2 aromatic carbocycles. The highest BCUT2D eigenvalue weighted by Gasteiger charge is 2.21. The van der Waals surface area contributed by atoms with E-state index < -0.39 is 0 Å². The highest BCUT2D eigenvalue weighted by Crippen LogP contribution is 2.33. The Bertz CT molecular complexity index is 833. The molecule has 1 aliphatic heterocycles. The number of carbonyl (C=O) groups is 2. The van der Waals surface area contributed by atoms with Crippen LogP contribution in [0.5, 0.6) is 11.5 Å². The van der Waals surface area contributed by atoms with Gasteiger partial charge in [0.2, 0.25) is 0 Å². The molecule has 0 aliphatic carbocycles. The topological polar surface area (TPSA) is 79.9 Å². The van der Waals surface area contributed by atoms with Crippen LogP contribution >= 0.6 is 0 Å². The van der Waals surface area contributed by atoms with Crippen LogP contribution in [0.3, 0.4) is 0 Å². The van der Waals surface area contributed by atoms with E-state index in [1.54, 1.807) is 49.5 Å². The van der Waals surface area contributed by atoms with Gasteiger partial charge in [0.15, 0.2) is 11.5 Å². The number of methoxy groups -OCH3 is 2. The van der Waals surface area contributed by atoms with Crippen molar-refractivity contribution in [3.63, 3.8) is 0 Å². The predicted molar refractivity (Wildman–Crippen MR) is 99.4 cm³/mol. The van der Waals surface area contributed by atoms with Gasteiger partial charge < -0.3 is 20.1 Å². The van der Waals surface area contributed by atoms with E-state index in [0.717, 1.165) is 11.3 Å². The highest BCUT2D eigenvalue weighted by molar-refractivity contribution is 6.05. The first-order valence-electron chi connectivity index (χ1n) is 8.23. The largest absolute Gasteiger partial charge is 0.493 e. The lowest BCUT2D eigenvalue weighted by Gasteiger charge is -2.15. The van der Waals surface area contributed by atoms with Crippen molar-refractivity contribution < 1.29 is 19.1 Å². The zero-order chi connectivity index (χ0) is 18.7. The third kappa shape index (κ3) is 3.42. The van der Waals surface area contributed by atoms with Crippen molar-refractivity contribution >= 4 is 23.3 Å². The number of nitrogens with zero attached hydrogens (tertiary/aromatic N) is 1. The van der Waals surface area contributed by atoms with E-state index in [9.17, 15) is 9.59 Å². The van der Waals surface area contributed by atoms with Crippen LogP contribution in [0.2, 0.25) is 0 Å². The summed E-state index contributed by atoms with van der Waals surface area (Å²) in [7, 11) is 3.11. The van der Waals surface area contributed by atoms with Gasteiger partial charge in [-0.3, -0.25) is 9.69 Å². The number of amides is 3. The molecule has 3 amide bonds. The number of carbonyl (C=O) groups excluding carboxylic acids is 2. The number of ether oxygens (including phenoxy) is 2. The molecule has 0 atom stereocenters. The maximum absolute atomic E-state index is 12.5. The third-order valence-electron chi connectivity index (χ3n) is 4.28. The molecule has 0 saturated carbocycles. The van der Waals surface area contributed by atoms with Crippen LogP contribution in [0, 0.1) is 6.92 Å². The summed E-state index contributed by atoms with van der Waals surface area (Å²) in [6.07, 6.45) is 0. The summed E-state index contributed by atoms with van der Waals surface area (Å²) in [6.45, 7) is 3.13. The first-order chi connectivity index (χ1) is 12.5. The van der Waals surface area contributed by atoms with Crippen molar-refractivity contribution in [1.29, 1.82) is 0 Å². The number of rotatable bonds is 5. The molecule has 0 unspecified atom stereocenters. The molecule has 1 fully saturated rings. The number of anilines is 2. The summed E-state index contributed by atoms with van der Waals surface area (Å²) in [6, 6.07) is 10.3. The van der Waals surface area contributed by atoms with Gasteiger partial charge in [-0.25, -0.2) is 4.79 Å². The monoisotopic (exact) mass is 355 g/mol. The summed E-state index contributed by atoms with van der Waals surface area (Å²) in [5, 5.41) is 5.63. The van der Waals surface area contributed by atoms with Crippen molar-refractivity contribution in [2.24, 2.45) is 0 Å². The number of hydrogen-bond acceptors (Lipinski definition) is 4. The lowest BCUT2D eigenvalue weighted by atomic mass is 10.1. The van der Waals surface area contributed by atoms with Crippen LogP contribution in [0.4, 0.5) is 16.2 Å². The van der Waals surface area contributed by atoms with Crippen molar-refractivity contribution in [3.8, 4) is 11.5 Å². The average molecular weight is 355 g/mol. The molecule has 1 aliphatic rings. The minimum Gasteiger partial charge on any atom is -0.493 e. The van der Waals surface area contributed by atoms with Crippen LogP contribution in [-0.2, 0) is 0 Å².